The van der Waals surface area contributed by atoms with Crippen molar-refractivity contribution in [2.24, 2.45) is 7.05 Å². The van der Waals surface area contributed by atoms with Crippen LogP contribution in [0.15, 0.2) is 47.3 Å². The summed E-state index contributed by atoms with van der Waals surface area (Å²) in [6.07, 6.45) is -4.41. The quantitative estimate of drug-likeness (QED) is 0.479. The molecule has 1 aliphatic carbocycles. The largest absolute Gasteiger partial charge is 0.460 e. The lowest BCUT2D eigenvalue weighted by molar-refractivity contribution is -0.146. The number of nitrogens with zero attached hydrogens (tertiary/aromatic N) is 3. The highest BCUT2D eigenvalue weighted by Crippen LogP contribution is 2.39. The molecule has 0 saturated heterocycles. The molecule has 0 fully saturated rings. The van der Waals surface area contributed by atoms with Gasteiger partial charge in [0.2, 0.25) is 0 Å². The van der Waals surface area contributed by atoms with Gasteiger partial charge in [-0.25, -0.2) is 4.98 Å². The maximum absolute atomic E-state index is 14.0. The maximum Gasteiger partial charge on any atom is 0.417 e. The van der Waals surface area contributed by atoms with Crippen molar-refractivity contribution in [3.8, 4) is 11.4 Å². The highest BCUT2D eigenvalue weighted by Gasteiger charge is 2.37. The first-order valence-corrected chi connectivity index (χ1v) is 11.9. The van der Waals surface area contributed by atoms with E-state index in [2.05, 4.69) is 10.3 Å². The average Bonchev–Trinajstić information content (AvgIpc) is 3.17. The molecule has 1 aliphatic rings. The number of esters is 1. The molecule has 0 bridgehead atoms. The van der Waals surface area contributed by atoms with Gasteiger partial charge in [-0.05, 0) is 35.7 Å². The number of carbonyl (C=O) groups excluding carboxylic acids is 1. The fourth-order valence-corrected chi connectivity index (χ4v) is 4.74. The van der Waals surface area contributed by atoms with Gasteiger partial charge in [0.1, 0.15) is 17.6 Å². The summed E-state index contributed by atoms with van der Waals surface area (Å²) in [5.41, 5.74) is 1.19. The summed E-state index contributed by atoms with van der Waals surface area (Å²) in [7, 11) is 4.72. The summed E-state index contributed by atoms with van der Waals surface area (Å²) in [5, 5.41) is 3.23. The fraction of sp³-hybridized carbons (Fsp3) is 0.370. The number of aromatic nitrogens is 2. The molecule has 0 aliphatic heterocycles. The van der Waals surface area contributed by atoms with Gasteiger partial charge in [0.15, 0.2) is 0 Å². The van der Waals surface area contributed by atoms with Gasteiger partial charge in [-0.2, -0.15) is 13.2 Å². The Morgan fingerprint density at radius 2 is 1.92 bits per heavy atom. The third kappa shape index (κ3) is 5.05. The Labute approximate surface area is 212 Å². The van der Waals surface area contributed by atoms with Crippen molar-refractivity contribution >= 4 is 17.3 Å². The van der Waals surface area contributed by atoms with Crippen LogP contribution >= 0.6 is 0 Å². The van der Waals surface area contributed by atoms with Crippen molar-refractivity contribution in [1.82, 2.24) is 9.55 Å². The molecule has 10 heteroatoms. The number of fused-ring (bicyclic) bond motifs is 1. The second-order valence-electron chi connectivity index (χ2n) is 9.27. The van der Waals surface area contributed by atoms with Crippen molar-refractivity contribution in [2.45, 2.75) is 45.0 Å². The molecule has 0 radical (unpaired) electrons. The summed E-state index contributed by atoms with van der Waals surface area (Å²) in [5.74, 6) is -0.518. The van der Waals surface area contributed by atoms with E-state index in [-0.39, 0.29) is 17.1 Å². The van der Waals surface area contributed by atoms with Crippen LogP contribution in [0.2, 0.25) is 0 Å². The van der Waals surface area contributed by atoms with Gasteiger partial charge >= 0.3 is 12.1 Å². The van der Waals surface area contributed by atoms with E-state index in [0.29, 0.717) is 24.2 Å². The maximum atomic E-state index is 14.0. The lowest BCUT2D eigenvalue weighted by Gasteiger charge is -2.25. The molecule has 1 heterocycles. The molecule has 4 rings (SSSR count). The molecule has 7 nitrogen and oxygen atoms in total. The number of nitrogens with one attached hydrogen (secondary N) is 1. The Bertz CT molecular complexity index is 1400. The van der Waals surface area contributed by atoms with Crippen LogP contribution in [-0.4, -0.2) is 35.7 Å². The predicted molar refractivity (Wildman–Crippen MR) is 136 cm³/mol. The summed E-state index contributed by atoms with van der Waals surface area (Å²) in [6.45, 7) is 3.11. The Balaban J connectivity index is 1.83. The first-order valence-electron chi connectivity index (χ1n) is 11.9. The van der Waals surface area contributed by atoms with Gasteiger partial charge < -0.3 is 15.0 Å². The van der Waals surface area contributed by atoms with E-state index in [1.165, 1.54) is 20.0 Å². The third-order valence-electron chi connectivity index (χ3n) is 6.57. The molecule has 3 aromatic rings. The third-order valence-corrected chi connectivity index (χ3v) is 6.57. The zero-order chi connectivity index (χ0) is 27.1. The number of alkyl halides is 3. The monoisotopic (exact) mass is 514 g/mol. The molecule has 2 atom stereocenters. The molecule has 0 saturated carbocycles. The zero-order valence-corrected chi connectivity index (χ0v) is 21.3. The normalized spacial score (nSPS) is 16.9. The second-order valence-corrected chi connectivity index (χ2v) is 9.27. The van der Waals surface area contributed by atoms with Crippen LogP contribution in [0.3, 0.4) is 0 Å². The molecule has 1 N–H and O–H groups in total. The van der Waals surface area contributed by atoms with Crippen molar-refractivity contribution in [1.29, 1.82) is 0 Å². The van der Waals surface area contributed by atoms with Crippen LogP contribution in [0.5, 0.6) is 0 Å². The average molecular weight is 515 g/mol. The smallest absolute Gasteiger partial charge is 0.417 e. The van der Waals surface area contributed by atoms with Crippen molar-refractivity contribution in [2.75, 3.05) is 24.3 Å². The number of halogens is 3. The van der Waals surface area contributed by atoms with Crippen molar-refractivity contribution < 1.29 is 22.7 Å². The number of ether oxygens (including phenoxy) is 1. The van der Waals surface area contributed by atoms with Crippen LogP contribution in [0.25, 0.3) is 11.4 Å². The Hall–Kier alpha value is -3.82. The summed E-state index contributed by atoms with van der Waals surface area (Å²) < 4.78 is 48.8. The topological polar surface area (TPSA) is 76.5 Å². The van der Waals surface area contributed by atoms with Gasteiger partial charge in [0, 0.05) is 45.7 Å². The molecule has 1 aromatic heterocycles. The van der Waals surface area contributed by atoms with Crippen LogP contribution < -0.4 is 15.8 Å². The summed E-state index contributed by atoms with van der Waals surface area (Å²) >= 11 is 0. The molecule has 0 amide bonds. The van der Waals surface area contributed by atoms with Gasteiger partial charge in [0.05, 0.1) is 17.3 Å². The molecule has 0 spiro atoms. The van der Waals surface area contributed by atoms with E-state index >= 15 is 0 Å². The fourth-order valence-electron chi connectivity index (χ4n) is 4.74. The van der Waals surface area contributed by atoms with E-state index in [0.717, 1.165) is 21.8 Å². The minimum atomic E-state index is -4.65. The van der Waals surface area contributed by atoms with E-state index < -0.39 is 35.4 Å². The second kappa shape index (κ2) is 9.91. The van der Waals surface area contributed by atoms with Crippen molar-refractivity contribution in [3.63, 3.8) is 0 Å². The van der Waals surface area contributed by atoms with Crippen molar-refractivity contribution in [3.05, 3.63) is 75.2 Å². The van der Waals surface area contributed by atoms with Gasteiger partial charge in [-0.1, -0.05) is 31.2 Å². The van der Waals surface area contributed by atoms with E-state index in [9.17, 15) is 22.8 Å². The highest BCUT2D eigenvalue weighted by atomic mass is 19.4. The summed E-state index contributed by atoms with van der Waals surface area (Å²) in [6, 6.07) is 11.0. The van der Waals surface area contributed by atoms with E-state index in [1.807, 2.05) is 24.3 Å². The minimum Gasteiger partial charge on any atom is -0.460 e. The van der Waals surface area contributed by atoms with Crippen LogP contribution in [0.4, 0.5) is 24.5 Å². The zero-order valence-electron chi connectivity index (χ0n) is 21.3. The number of anilines is 2. The Morgan fingerprint density at radius 3 is 2.54 bits per heavy atom. The van der Waals surface area contributed by atoms with E-state index in [4.69, 9.17) is 4.74 Å². The van der Waals surface area contributed by atoms with Crippen LogP contribution in [0.1, 0.15) is 42.3 Å². The van der Waals surface area contributed by atoms with E-state index in [1.54, 1.807) is 32.0 Å². The predicted octanol–water partition coefficient (Wildman–Crippen LogP) is 4.74. The highest BCUT2D eigenvalue weighted by molar-refractivity contribution is 5.69. The SMILES string of the molecule is CCc1nc(-c2ccc(N(C)C)cc2C(F)(F)F)n(C)c(=O)c1NC1c2ccccc2C[C@@H]1OC(C)=O. The number of rotatable bonds is 6. The molecular formula is C27H29F3N4O3. The van der Waals surface area contributed by atoms with Crippen LogP contribution in [-0.2, 0) is 35.6 Å². The number of benzene rings is 2. The minimum absolute atomic E-state index is 0.0756. The Kier molecular flexibility index (Phi) is 7.03. The number of hydrogen-bond acceptors (Lipinski definition) is 6. The number of aryl methyl sites for hydroxylation is 1. The van der Waals surface area contributed by atoms with Gasteiger partial charge in [-0.3, -0.25) is 14.2 Å². The lowest BCUT2D eigenvalue weighted by atomic mass is 10.0. The first-order chi connectivity index (χ1) is 17.4. The molecular weight excluding hydrogens is 485 g/mol. The van der Waals surface area contributed by atoms with Gasteiger partial charge in [0.25, 0.3) is 5.56 Å². The molecule has 1 unspecified atom stereocenters. The first kappa shape index (κ1) is 26.2. The lowest BCUT2D eigenvalue weighted by Crippen LogP contribution is -2.32. The van der Waals surface area contributed by atoms with Gasteiger partial charge in [-0.15, -0.1) is 0 Å². The number of carbonyl (C=O) groups is 1. The number of hydrogen-bond donors (Lipinski definition) is 1. The molecule has 37 heavy (non-hydrogen) atoms. The molecule has 2 aromatic carbocycles. The Morgan fingerprint density at radius 1 is 1.22 bits per heavy atom. The standard InChI is InChI=1S/C27H29F3N4O3/c1-6-21-24(32-23-18-10-8-7-9-16(18)13-22(23)37-15(2)35)26(36)34(5)25(31-21)19-12-11-17(33(3)4)14-20(19)27(28,29)30/h7-12,14,22-23,32H,6,13H2,1-5H3/t22-,23?/m0/s1. The summed E-state index contributed by atoms with van der Waals surface area (Å²) in [4.78, 5) is 31.4. The van der Waals surface area contributed by atoms with Crippen LogP contribution in [0, 0.1) is 0 Å². The molecule has 196 valence electrons.